The van der Waals surface area contributed by atoms with E-state index in [0.717, 1.165) is 22.5 Å². The van der Waals surface area contributed by atoms with Crippen molar-refractivity contribution in [3.05, 3.63) is 77.3 Å². The molecule has 0 aliphatic carbocycles. The monoisotopic (exact) mass is 347 g/mol. The van der Waals surface area contributed by atoms with Crippen molar-refractivity contribution >= 4 is 22.6 Å². The highest BCUT2D eigenvalue weighted by molar-refractivity contribution is 6.02. The van der Waals surface area contributed by atoms with E-state index in [-0.39, 0.29) is 5.69 Å². The van der Waals surface area contributed by atoms with Crippen molar-refractivity contribution in [2.75, 3.05) is 5.32 Å². The van der Waals surface area contributed by atoms with E-state index in [1.54, 1.807) is 23.6 Å². The van der Waals surface area contributed by atoms with E-state index < -0.39 is 5.91 Å². The van der Waals surface area contributed by atoms with Crippen LogP contribution in [0.15, 0.2) is 54.9 Å². The Bertz CT molecular complexity index is 1110. The van der Waals surface area contributed by atoms with Gasteiger partial charge < -0.3 is 15.5 Å². The lowest BCUT2D eigenvalue weighted by atomic mass is 10.2. The summed E-state index contributed by atoms with van der Waals surface area (Å²) in [5, 5.41) is 15.1. The fraction of sp³-hybridized carbons (Fsp3) is 0.105. The number of H-pyrrole nitrogens is 1. The summed E-state index contributed by atoms with van der Waals surface area (Å²) in [4.78, 5) is 20.1. The van der Waals surface area contributed by atoms with Crippen LogP contribution in [0.4, 0.5) is 5.69 Å². The number of aromatic nitrogens is 4. The van der Waals surface area contributed by atoms with Gasteiger partial charge in [0, 0.05) is 18.7 Å². The van der Waals surface area contributed by atoms with E-state index in [9.17, 15) is 10.0 Å². The van der Waals surface area contributed by atoms with Crippen molar-refractivity contribution in [1.82, 2.24) is 14.5 Å². The Kier molecular flexibility index (Phi) is 3.69. The number of imidazole rings is 2. The first-order valence-electron chi connectivity index (χ1n) is 8.17. The van der Waals surface area contributed by atoms with Gasteiger partial charge >= 0.3 is 0 Å². The first-order chi connectivity index (χ1) is 12.5. The Labute approximate surface area is 149 Å². The Morgan fingerprint density at radius 1 is 1.19 bits per heavy atom. The van der Waals surface area contributed by atoms with Crippen LogP contribution >= 0.6 is 0 Å². The van der Waals surface area contributed by atoms with Gasteiger partial charge in [-0.2, -0.15) is 4.57 Å². The largest absolute Gasteiger partial charge is 0.710 e. The van der Waals surface area contributed by atoms with Crippen LogP contribution in [0.2, 0.25) is 0 Å². The second-order valence-corrected chi connectivity index (χ2v) is 6.09. The van der Waals surface area contributed by atoms with E-state index >= 15 is 0 Å². The maximum Gasteiger partial charge on any atom is 0.300 e. The normalized spacial score (nSPS) is 11.0. The minimum atomic E-state index is -0.444. The van der Waals surface area contributed by atoms with Gasteiger partial charge in [0.1, 0.15) is 11.5 Å². The summed E-state index contributed by atoms with van der Waals surface area (Å²) in [6.07, 6.45) is 1.36. The molecule has 26 heavy (non-hydrogen) atoms. The summed E-state index contributed by atoms with van der Waals surface area (Å²) in [6, 6.07) is 14.7. The van der Waals surface area contributed by atoms with Gasteiger partial charge in [-0.3, -0.25) is 4.79 Å². The van der Waals surface area contributed by atoms with Gasteiger partial charge in [-0.25, -0.2) is 9.71 Å². The molecule has 130 valence electrons. The van der Waals surface area contributed by atoms with Gasteiger partial charge in [-0.15, -0.1) is 0 Å². The molecule has 0 aliphatic heterocycles. The second-order valence-electron chi connectivity index (χ2n) is 6.09. The minimum absolute atomic E-state index is 0.0646. The standard InChI is InChI=1S/C19H17N5O2/c1-12-18(19(25)22-14-6-4-3-5-7-14)24(26)11-23(12)15-8-9-16-17(10-15)21-13(2)20-16/h3-11H,1-2H3,(H,20,21)(H,22,25). The molecule has 0 fully saturated rings. The number of benzene rings is 2. The molecule has 0 radical (unpaired) electrons. The maximum atomic E-state index is 12.6. The molecule has 2 aromatic carbocycles. The number of aryl methyl sites for hydroxylation is 1. The predicted molar refractivity (Wildman–Crippen MR) is 98.2 cm³/mol. The molecule has 7 heteroatoms. The molecule has 0 saturated heterocycles. The van der Waals surface area contributed by atoms with Crippen LogP contribution in [-0.4, -0.2) is 20.4 Å². The Morgan fingerprint density at radius 2 is 1.96 bits per heavy atom. The second kappa shape index (κ2) is 6.03. The molecular weight excluding hydrogens is 330 g/mol. The van der Waals surface area contributed by atoms with Gasteiger partial charge in [0.15, 0.2) is 5.69 Å². The molecule has 0 unspecified atom stereocenters. The summed E-state index contributed by atoms with van der Waals surface area (Å²) < 4.78 is 2.29. The van der Waals surface area contributed by atoms with Crippen LogP contribution < -0.4 is 10.0 Å². The highest BCUT2D eigenvalue weighted by atomic mass is 16.5. The fourth-order valence-corrected chi connectivity index (χ4v) is 3.03. The zero-order valence-corrected chi connectivity index (χ0v) is 14.4. The van der Waals surface area contributed by atoms with Gasteiger partial charge in [0.2, 0.25) is 5.69 Å². The van der Waals surface area contributed by atoms with Crippen LogP contribution in [0, 0.1) is 19.1 Å². The lowest BCUT2D eigenvalue weighted by Gasteiger charge is -2.05. The number of carbonyl (C=O) groups excluding carboxylic acids is 1. The first kappa shape index (κ1) is 15.9. The highest BCUT2D eigenvalue weighted by Gasteiger charge is 2.24. The third-order valence-corrected chi connectivity index (χ3v) is 4.25. The number of aromatic amines is 1. The molecule has 0 atom stereocenters. The highest BCUT2D eigenvalue weighted by Crippen LogP contribution is 2.19. The van der Waals surface area contributed by atoms with E-state index in [1.165, 1.54) is 6.33 Å². The van der Waals surface area contributed by atoms with Crippen molar-refractivity contribution in [2.24, 2.45) is 0 Å². The van der Waals surface area contributed by atoms with Crippen molar-refractivity contribution in [3.8, 4) is 5.69 Å². The maximum absolute atomic E-state index is 12.6. The summed E-state index contributed by atoms with van der Waals surface area (Å²) in [6.45, 7) is 3.63. The smallest absolute Gasteiger partial charge is 0.300 e. The number of rotatable bonds is 3. The van der Waals surface area contributed by atoms with Gasteiger partial charge in [0.05, 0.1) is 11.0 Å². The number of anilines is 1. The van der Waals surface area contributed by atoms with E-state index in [2.05, 4.69) is 15.3 Å². The summed E-state index contributed by atoms with van der Waals surface area (Å²) in [7, 11) is 0. The zero-order valence-electron chi connectivity index (χ0n) is 14.4. The van der Waals surface area contributed by atoms with Crippen molar-refractivity contribution in [3.63, 3.8) is 0 Å². The molecule has 1 amide bonds. The fourth-order valence-electron chi connectivity index (χ4n) is 3.03. The molecule has 2 N–H and O–H groups in total. The lowest BCUT2D eigenvalue weighted by molar-refractivity contribution is -0.606. The molecule has 0 saturated carbocycles. The van der Waals surface area contributed by atoms with Gasteiger partial charge in [0.25, 0.3) is 12.2 Å². The third kappa shape index (κ3) is 2.69. The minimum Gasteiger partial charge on any atom is -0.710 e. The predicted octanol–water partition coefficient (Wildman–Crippen LogP) is 2.86. The topological polar surface area (TPSA) is 89.7 Å². The molecule has 7 nitrogen and oxygen atoms in total. The van der Waals surface area contributed by atoms with Gasteiger partial charge in [-0.05, 0) is 31.2 Å². The summed E-state index contributed by atoms with van der Waals surface area (Å²) in [5.41, 5.74) is 3.77. The van der Waals surface area contributed by atoms with E-state index in [0.29, 0.717) is 16.1 Å². The quantitative estimate of drug-likeness (QED) is 0.441. The molecule has 4 aromatic rings. The van der Waals surface area contributed by atoms with Crippen molar-refractivity contribution in [2.45, 2.75) is 13.8 Å². The van der Waals surface area contributed by atoms with Crippen LogP contribution in [-0.2, 0) is 0 Å². The number of para-hydroxylation sites is 1. The number of fused-ring (bicyclic) bond motifs is 1. The Balaban J connectivity index is 1.72. The number of amides is 1. The Hall–Kier alpha value is -3.61. The van der Waals surface area contributed by atoms with Crippen LogP contribution in [0.5, 0.6) is 0 Å². The molecule has 2 aromatic heterocycles. The van der Waals surface area contributed by atoms with Crippen LogP contribution in [0.25, 0.3) is 16.7 Å². The van der Waals surface area contributed by atoms with Gasteiger partial charge in [-0.1, -0.05) is 18.2 Å². The molecule has 4 rings (SSSR count). The van der Waals surface area contributed by atoms with Crippen LogP contribution in [0.3, 0.4) is 0 Å². The number of nitrogens with zero attached hydrogens (tertiary/aromatic N) is 3. The first-order valence-corrected chi connectivity index (χ1v) is 8.17. The summed E-state index contributed by atoms with van der Waals surface area (Å²) >= 11 is 0. The van der Waals surface area contributed by atoms with Crippen LogP contribution in [0.1, 0.15) is 22.0 Å². The van der Waals surface area contributed by atoms with Crippen molar-refractivity contribution < 1.29 is 9.52 Å². The number of carbonyl (C=O) groups is 1. The Morgan fingerprint density at radius 3 is 2.73 bits per heavy atom. The molecule has 0 aliphatic rings. The van der Waals surface area contributed by atoms with E-state index in [1.807, 2.05) is 43.3 Å². The average molecular weight is 347 g/mol. The molecular formula is C19H17N5O2. The number of nitrogens with one attached hydrogen (secondary N) is 2. The number of hydrogen-bond donors (Lipinski definition) is 2. The zero-order chi connectivity index (χ0) is 18.3. The molecule has 2 heterocycles. The molecule has 0 bridgehead atoms. The summed E-state index contributed by atoms with van der Waals surface area (Å²) in [5.74, 6) is 0.379. The lowest BCUT2D eigenvalue weighted by Crippen LogP contribution is -2.34. The van der Waals surface area contributed by atoms with Crippen molar-refractivity contribution in [1.29, 1.82) is 0 Å². The SMILES string of the molecule is Cc1nc2ccc(-n3c[n+]([O-])c(C(=O)Nc4ccccc4)c3C)cc2[nH]1. The number of hydrogen-bond acceptors (Lipinski definition) is 3. The molecule has 0 spiro atoms. The average Bonchev–Trinajstić information content (AvgIpc) is 3.13. The third-order valence-electron chi connectivity index (χ3n) is 4.25. The van der Waals surface area contributed by atoms with E-state index in [4.69, 9.17) is 0 Å².